The van der Waals surface area contributed by atoms with Crippen LogP contribution in [0.2, 0.25) is 0 Å². The lowest BCUT2D eigenvalue weighted by atomic mass is 10.0. The zero-order valence-electron chi connectivity index (χ0n) is 16.5. The molecule has 2 aliphatic rings. The second-order valence-electron chi connectivity index (χ2n) is 7.33. The fraction of sp³-hybridized carbons (Fsp3) is 0.227. The van der Waals surface area contributed by atoms with Gasteiger partial charge >= 0.3 is 5.97 Å². The van der Waals surface area contributed by atoms with Gasteiger partial charge in [0.1, 0.15) is 5.71 Å². The first-order valence-corrected chi connectivity index (χ1v) is 9.57. The largest absolute Gasteiger partial charge is 0.379 e. The summed E-state index contributed by atoms with van der Waals surface area (Å²) < 4.78 is 0. The Morgan fingerprint density at radius 3 is 2.10 bits per heavy atom. The Hall–Kier alpha value is -3.81. The Morgan fingerprint density at radius 2 is 1.53 bits per heavy atom. The summed E-state index contributed by atoms with van der Waals surface area (Å²) in [7, 11) is 0. The van der Waals surface area contributed by atoms with Crippen molar-refractivity contribution in [3.63, 3.8) is 0 Å². The summed E-state index contributed by atoms with van der Waals surface area (Å²) in [4.78, 5) is 54.7. The zero-order valence-corrected chi connectivity index (χ0v) is 16.5. The minimum absolute atomic E-state index is 0.0425. The highest BCUT2D eigenvalue weighted by molar-refractivity contribution is 6.38. The molecule has 0 saturated carbocycles. The first kappa shape index (κ1) is 19.5. The number of rotatable bonds is 4. The van der Waals surface area contributed by atoms with E-state index in [9.17, 15) is 19.2 Å². The van der Waals surface area contributed by atoms with Crippen LogP contribution in [-0.2, 0) is 14.4 Å². The highest BCUT2D eigenvalue weighted by Crippen LogP contribution is 2.25. The number of hydrazone groups is 1. The maximum absolute atomic E-state index is 12.6. The molecule has 4 rings (SSSR count). The lowest BCUT2D eigenvalue weighted by Gasteiger charge is -2.23. The van der Waals surface area contributed by atoms with Crippen molar-refractivity contribution in [3.05, 3.63) is 65.2 Å². The number of carbonyl (C=O) groups is 4. The van der Waals surface area contributed by atoms with Crippen molar-refractivity contribution in [1.29, 1.82) is 0 Å². The van der Waals surface area contributed by atoms with Crippen LogP contribution < -0.4 is 5.01 Å². The summed E-state index contributed by atoms with van der Waals surface area (Å²) >= 11 is 0. The number of anilines is 1. The van der Waals surface area contributed by atoms with E-state index >= 15 is 0 Å². The summed E-state index contributed by atoms with van der Waals surface area (Å²) in [5.74, 6) is -2.29. The van der Waals surface area contributed by atoms with Gasteiger partial charge in [0, 0.05) is 12.8 Å². The Kier molecular flexibility index (Phi) is 4.91. The van der Waals surface area contributed by atoms with Crippen molar-refractivity contribution >= 4 is 35.1 Å². The molecule has 0 radical (unpaired) electrons. The predicted molar refractivity (Wildman–Crippen MR) is 108 cm³/mol. The number of carbonyl (C=O) groups excluding carboxylic acids is 4. The van der Waals surface area contributed by atoms with Gasteiger partial charge in [-0.25, -0.2) is 9.80 Å². The van der Waals surface area contributed by atoms with Gasteiger partial charge in [-0.3, -0.25) is 14.4 Å². The van der Waals surface area contributed by atoms with Crippen LogP contribution in [0.5, 0.6) is 0 Å². The fourth-order valence-electron chi connectivity index (χ4n) is 3.29. The molecular weight excluding hydrogens is 386 g/mol. The molecule has 30 heavy (non-hydrogen) atoms. The number of imide groups is 1. The molecule has 8 nitrogen and oxygen atoms in total. The maximum Gasteiger partial charge on any atom is 0.379 e. The minimum Gasteiger partial charge on any atom is -0.323 e. The van der Waals surface area contributed by atoms with Crippen LogP contribution >= 0.6 is 0 Å². The number of nitrogens with zero attached hydrogens (tertiary/aromatic N) is 3. The summed E-state index contributed by atoms with van der Waals surface area (Å²) in [6.45, 7) is 4.12. The fourth-order valence-corrected chi connectivity index (χ4v) is 3.29. The number of benzene rings is 2. The normalized spacial score (nSPS) is 16.1. The standard InChI is InChI=1S/C22H19N3O5/c1-13(2)14-7-9-15(10-8-14)24-19(26)12-11-18(23-24)22(29)30-25-20(27)16-5-3-4-6-17(16)21(25)28/h3-10,13H,11-12H2,1-2H3. The van der Waals surface area contributed by atoms with Gasteiger partial charge in [-0.1, -0.05) is 43.2 Å². The van der Waals surface area contributed by atoms with Gasteiger partial charge < -0.3 is 4.84 Å². The molecule has 0 atom stereocenters. The van der Waals surface area contributed by atoms with E-state index < -0.39 is 17.8 Å². The minimum atomic E-state index is -0.944. The predicted octanol–water partition coefficient (Wildman–Crippen LogP) is 3.05. The molecule has 2 heterocycles. The summed E-state index contributed by atoms with van der Waals surface area (Å²) in [5, 5.41) is 5.71. The van der Waals surface area contributed by atoms with Gasteiger partial charge in [-0.05, 0) is 35.7 Å². The van der Waals surface area contributed by atoms with Crippen molar-refractivity contribution in [1.82, 2.24) is 5.06 Å². The highest BCUT2D eigenvalue weighted by Gasteiger charge is 2.40. The third-order valence-corrected chi connectivity index (χ3v) is 5.00. The zero-order chi connectivity index (χ0) is 21.4. The maximum atomic E-state index is 12.6. The van der Waals surface area contributed by atoms with Gasteiger partial charge in [0.05, 0.1) is 16.8 Å². The van der Waals surface area contributed by atoms with Crippen LogP contribution in [0.15, 0.2) is 53.6 Å². The molecule has 8 heteroatoms. The van der Waals surface area contributed by atoms with E-state index in [1.54, 1.807) is 24.3 Å². The highest BCUT2D eigenvalue weighted by atomic mass is 16.7. The van der Waals surface area contributed by atoms with E-state index in [0.29, 0.717) is 16.7 Å². The second-order valence-corrected chi connectivity index (χ2v) is 7.33. The van der Waals surface area contributed by atoms with Crippen LogP contribution in [0, 0.1) is 0 Å². The summed E-state index contributed by atoms with van der Waals surface area (Å²) in [5.41, 5.74) is 1.93. The van der Waals surface area contributed by atoms with Crippen molar-refractivity contribution in [2.45, 2.75) is 32.6 Å². The van der Waals surface area contributed by atoms with E-state index in [1.165, 1.54) is 12.1 Å². The van der Waals surface area contributed by atoms with Crippen molar-refractivity contribution in [3.8, 4) is 0 Å². The summed E-state index contributed by atoms with van der Waals surface area (Å²) in [6, 6.07) is 13.5. The smallest absolute Gasteiger partial charge is 0.323 e. The molecular formula is C22H19N3O5. The molecule has 0 aromatic heterocycles. The lowest BCUT2D eigenvalue weighted by Crippen LogP contribution is -2.39. The summed E-state index contributed by atoms with van der Waals surface area (Å²) in [6.07, 6.45) is 0.114. The van der Waals surface area contributed by atoms with Crippen molar-refractivity contribution in [2.24, 2.45) is 5.10 Å². The van der Waals surface area contributed by atoms with E-state index in [0.717, 1.165) is 10.6 Å². The number of hydrogen-bond donors (Lipinski definition) is 0. The molecule has 2 aliphatic heterocycles. The topological polar surface area (TPSA) is 96.3 Å². The van der Waals surface area contributed by atoms with E-state index in [4.69, 9.17) is 4.84 Å². The third-order valence-electron chi connectivity index (χ3n) is 5.00. The average Bonchev–Trinajstić information content (AvgIpc) is 2.99. The molecule has 3 amide bonds. The number of hydrogen-bond acceptors (Lipinski definition) is 6. The number of hydroxylamine groups is 2. The molecule has 0 saturated heterocycles. The van der Waals surface area contributed by atoms with Crippen LogP contribution in [-0.4, -0.2) is 34.5 Å². The van der Waals surface area contributed by atoms with Gasteiger partial charge in [-0.15, -0.1) is 0 Å². The number of fused-ring (bicyclic) bond motifs is 1. The first-order chi connectivity index (χ1) is 14.4. The van der Waals surface area contributed by atoms with Crippen molar-refractivity contribution in [2.75, 3.05) is 5.01 Å². The number of amides is 3. The molecule has 0 aliphatic carbocycles. The SMILES string of the molecule is CC(C)c1ccc(N2N=C(C(=O)ON3C(=O)c4ccccc4C3=O)CCC2=O)cc1. The molecule has 0 unspecified atom stereocenters. The van der Waals surface area contributed by atoms with Crippen LogP contribution in [0.4, 0.5) is 5.69 Å². The Labute approximate surface area is 172 Å². The molecule has 0 bridgehead atoms. The van der Waals surface area contributed by atoms with Gasteiger partial charge in [0.2, 0.25) is 5.91 Å². The van der Waals surface area contributed by atoms with Crippen LogP contribution in [0.25, 0.3) is 0 Å². The van der Waals surface area contributed by atoms with Gasteiger partial charge in [0.25, 0.3) is 11.8 Å². The monoisotopic (exact) mass is 405 g/mol. The van der Waals surface area contributed by atoms with Crippen molar-refractivity contribution < 1.29 is 24.0 Å². The van der Waals surface area contributed by atoms with E-state index in [2.05, 4.69) is 18.9 Å². The lowest BCUT2D eigenvalue weighted by molar-refractivity contribution is -0.159. The van der Waals surface area contributed by atoms with Gasteiger partial charge in [0.15, 0.2) is 0 Å². The Morgan fingerprint density at radius 1 is 0.933 bits per heavy atom. The third kappa shape index (κ3) is 3.36. The molecule has 0 spiro atoms. The average molecular weight is 405 g/mol. The Balaban J connectivity index is 1.54. The molecule has 2 aromatic rings. The molecule has 152 valence electrons. The first-order valence-electron chi connectivity index (χ1n) is 9.57. The van der Waals surface area contributed by atoms with Crippen LogP contribution in [0.1, 0.15) is 58.9 Å². The Bertz CT molecular complexity index is 1050. The quantitative estimate of drug-likeness (QED) is 0.729. The van der Waals surface area contributed by atoms with E-state index in [1.807, 2.05) is 12.1 Å². The van der Waals surface area contributed by atoms with Gasteiger partial charge in [-0.2, -0.15) is 5.10 Å². The second kappa shape index (κ2) is 7.55. The molecule has 0 fully saturated rings. The van der Waals surface area contributed by atoms with Crippen LogP contribution in [0.3, 0.4) is 0 Å². The molecule has 2 aromatic carbocycles. The van der Waals surface area contributed by atoms with E-state index in [-0.39, 0.29) is 35.6 Å². The molecule has 0 N–H and O–H groups in total.